The van der Waals surface area contributed by atoms with Gasteiger partial charge < -0.3 is 0 Å². The molecule has 1 unspecified atom stereocenters. The van der Waals surface area contributed by atoms with Crippen LogP contribution in [0.1, 0.15) is 80.1 Å². The first-order valence-corrected chi connectivity index (χ1v) is 6.93. The van der Waals surface area contributed by atoms with Crippen molar-refractivity contribution < 1.29 is 0 Å². The molecule has 0 saturated carbocycles. The Morgan fingerprint density at radius 3 is 1.76 bits per heavy atom. The fourth-order valence-electron chi connectivity index (χ4n) is 2.39. The standard InChI is InChI=1S/2C8H14.CH4/c2*1-7-5-3-4-6-8(7)2;/h3-6H2,1-2H3;5,8H,3-4,6H2,1-2H3;1H4. The fraction of sp³-hybridized carbons (Fsp3) is 0.765. The fourth-order valence-corrected chi connectivity index (χ4v) is 2.39. The van der Waals surface area contributed by atoms with E-state index >= 15 is 0 Å². The molecule has 0 aromatic carbocycles. The summed E-state index contributed by atoms with van der Waals surface area (Å²) < 4.78 is 0. The van der Waals surface area contributed by atoms with Crippen LogP contribution in [0, 0.1) is 5.92 Å². The van der Waals surface area contributed by atoms with Crippen molar-refractivity contribution in [2.45, 2.75) is 80.1 Å². The number of hydrogen-bond acceptors (Lipinski definition) is 0. The van der Waals surface area contributed by atoms with Gasteiger partial charge in [-0.1, -0.05) is 37.1 Å². The van der Waals surface area contributed by atoms with Gasteiger partial charge in [-0.05, 0) is 71.6 Å². The van der Waals surface area contributed by atoms with Crippen molar-refractivity contribution in [1.29, 1.82) is 0 Å². The molecular weight excluding hydrogens is 204 g/mol. The van der Waals surface area contributed by atoms with E-state index in [1.165, 1.54) is 44.9 Å². The van der Waals surface area contributed by atoms with Crippen LogP contribution in [0.25, 0.3) is 0 Å². The highest BCUT2D eigenvalue weighted by Crippen LogP contribution is 2.23. The monoisotopic (exact) mass is 236 g/mol. The molecule has 2 rings (SSSR count). The molecule has 0 saturated heterocycles. The lowest BCUT2D eigenvalue weighted by molar-refractivity contribution is 0.552. The van der Waals surface area contributed by atoms with E-state index in [1.54, 1.807) is 16.7 Å². The molecule has 0 aromatic rings. The van der Waals surface area contributed by atoms with Gasteiger partial charge in [0, 0.05) is 0 Å². The molecular formula is C17H32. The van der Waals surface area contributed by atoms with Gasteiger partial charge in [0.2, 0.25) is 0 Å². The SMILES string of the molecule is C.CC1=C(C)CCCC1.CC1=CCCCC1C. The second-order valence-electron chi connectivity index (χ2n) is 5.55. The molecule has 0 heterocycles. The van der Waals surface area contributed by atoms with Gasteiger partial charge in [0.25, 0.3) is 0 Å². The molecule has 0 radical (unpaired) electrons. The summed E-state index contributed by atoms with van der Waals surface area (Å²) in [4.78, 5) is 0. The zero-order chi connectivity index (χ0) is 12.0. The van der Waals surface area contributed by atoms with Crippen molar-refractivity contribution in [1.82, 2.24) is 0 Å². The van der Waals surface area contributed by atoms with Gasteiger partial charge in [0.1, 0.15) is 0 Å². The maximum absolute atomic E-state index is 2.37. The summed E-state index contributed by atoms with van der Waals surface area (Å²) in [6.07, 6.45) is 12.0. The molecule has 0 fully saturated rings. The Morgan fingerprint density at radius 2 is 1.47 bits per heavy atom. The molecule has 2 aliphatic carbocycles. The zero-order valence-electron chi connectivity index (χ0n) is 11.6. The molecule has 17 heavy (non-hydrogen) atoms. The van der Waals surface area contributed by atoms with Crippen LogP contribution in [0.15, 0.2) is 22.8 Å². The lowest BCUT2D eigenvalue weighted by atomic mass is 9.91. The molecule has 0 amide bonds. The third kappa shape index (κ3) is 6.10. The van der Waals surface area contributed by atoms with Gasteiger partial charge in [-0.15, -0.1) is 0 Å². The number of hydrogen-bond donors (Lipinski definition) is 0. The minimum absolute atomic E-state index is 0. The van der Waals surface area contributed by atoms with E-state index in [9.17, 15) is 0 Å². The first-order chi connectivity index (χ1) is 7.61. The second kappa shape index (κ2) is 8.55. The Morgan fingerprint density at radius 1 is 0.941 bits per heavy atom. The second-order valence-corrected chi connectivity index (χ2v) is 5.55. The summed E-state index contributed by atoms with van der Waals surface area (Å²) in [6.45, 7) is 9.07. The normalized spacial score (nSPS) is 24.2. The van der Waals surface area contributed by atoms with Crippen molar-refractivity contribution in [2.24, 2.45) is 5.92 Å². The van der Waals surface area contributed by atoms with E-state index in [0.29, 0.717) is 0 Å². The summed E-state index contributed by atoms with van der Waals surface area (Å²) >= 11 is 0. The van der Waals surface area contributed by atoms with Crippen LogP contribution in [0.5, 0.6) is 0 Å². The summed E-state index contributed by atoms with van der Waals surface area (Å²) in [7, 11) is 0. The first kappa shape index (κ1) is 16.5. The maximum atomic E-state index is 2.37. The highest BCUT2D eigenvalue weighted by molar-refractivity contribution is 5.11. The molecule has 0 aliphatic heterocycles. The van der Waals surface area contributed by atoms with Crippen LogP contribution in [-0.4, -0.2) is 0 Å². The highest BCUT2D eigenvalue weighted by atomic mass is 14.1. The predicted molar refractivity (Wildman–Crippen MR) is 80.3 cm³/mol. The summed E-state index contributed by atoms with van der Waals surface area (Å²) in [5.41, 5.74) is 4.86. The molecule has 0 bridgehead atoms. The van der Waals surface area contributed by atoms with Crippen LogP contribution in [0.2, 0.25) is 0 Å². The average Bonchev–Trinajstić information content (AvgIpc) is 2.28. The molecule has 0 N–H and O–H groups in total. The van der Waals surface area contributed by atoms with Gasteiger partial charge in [-0.2, -0.15) is 0 Å². The number of allylic oxidation sites excluding steroid dienone is 4. The van der Waals surface area contributed by atoms with Crippen molar-refractivity contribution >= 4 is 0 Å². The summed E-state index contributed by atoms with van der Waals surface area (Å²) in [5.74, 6) is 0.865. The zero-order valence-corrected chi connectivity index (χ0v) is 11.6. The molecule has 0 aromatic heterocycles. The van der Waals surface area contributed by atoms with E-state index in [0.717, 1.165) is 5.92 Å². The lowest BCUT2D eigenvalue weighted by Gasteiger charge is -2.15. The van der Waals surface area contributed by atoms with Crippen LogP contribution in [0.4, 0.5) is 0 Å². The topological polar surface area (TPSA) is 0 Å². The van der Waals surface area contributed by atoms with E-state index in [-0.39, 0.29) is 7.43 Å². The third-order valence-corrected chi connectivity index (χ3v) is 4.17. The Balaban J connectivity index is 0.000000284. The largest absolute Gasteiger partial charge is 0.0853 e. The van der Waals surface area contributed by atoms with Gasteiger partial charge in [0.15, 0.2) is 0 Å². The van der Waals surface area contributed by atoms with E-state index < -0.39 is 0 Å². The van der Waals surface area contributed by atoms with Gasteiger partial charge in [0.05, 0.1) is 0 Å². The van der Waals surface area contributed by atoms with Crippen molar-refractivity contribution in [2.75, 3.05) is 0 Å². The van der Waals surface area contributed by atoms with E-state index in [2.05, 4.69) is 33.8 Å². The minimum atomic E-state index is 0. The third-order valence-electron chi connectivity index (χ3n) is 4.17. The van der Waals surface area contributed by atoms with Crippen LogP contribution in [0.3, 0.4) is 0 Å². The maximum Gasteiger partial charge on any atom is -0.0234 e. The van der Waals surface area contributed by atoms with Gasteiger partial charge >= 0.3 is 0 Å². The van der Waals surface area contributed by atoms with Crippen molar-refractivity contribution in [3.63, 3.8) is 0 Å². The van der Waals surface area contributed by atoms with Crippen LogP contribution >= 0.6 is 0 Å². The lowest BCUT2D eigenvalue weighted by Crippen LogP contribution is -2.00. The van der Waals surface area contributed by atoms with Crippen molar-refractivity contribution in [3.8, 4) is 0 Å². The van der Waals surface area contributed by atoms with E-state index in [4.69, 9.17) is 0 Å². The van der Waals surface area contributed by atoms with Gasteiger partial charge in [-0.3, -0.25) is 0 Å². The van der Waals surface area contributed by atoms with Crippen molar-refractivity contribution in [3.05, 3.63) is 22.8 Å². The molecule has 100 valence electrons. The molecule has 0 spiro atoms. The Labute approximate surface area is 109 Å². The molecule has 1 atom stereocenters. The Kier molecular flexibility index (Phi) is 8.29. The Bertz CT molecular complexity index is 254. The Hall–Kier alpha value is -0.520. The molecule has 0 heteroatoms. The van der Waals surface area contributed by atoms with Crippen LogP contribution in [-0.2, 0) is 0 Å². The quantitative estimate of drug-likeness (QED) is 0.434. The van der Waals surface area contributed by atoms with Gasteiger partial charge in [-0.25, -0.2) is 0 Å². The smallest absolute Gasteiger partial charge is 0.0234 e. The average molecular weight is 236 g/mol. The summed E-state index contributed by atoms with van der Waals surface area (Å²) in [5, 5.41) is 0. The minimum Gasteiger partial charge on any atom is -0.0853 e. The first-order valence-electron chi connectivity index (χ1n) is 6.93. The summed E-state index contributed by atoms with van der Waals surface area (Å²) in [6, 6.07) is 0. The number of rotatable bonds is 0. The highest BCUT2D eigenvalue weighted by Gasteiger charge is 2.06. The molecule has 2 aliphatic rings. The predicted octanol–water partition coefficient (Wildman–Crippen LogP) is 6.29. The van der Waals surface area contributed by atoms with E-state index in [1.807, 2.05) is 0 Å². The molecule has 0 nitrogen and oxygen atoms in total. The van der Waals surface area contributed by atoms with Crippen LogP contribution < -0.4 is 0 Å².